The van der Waals surface area contributed by atoms with Crippen molar-refractivity contribution >= 4 is 50.9 Å². The molecule has 1 aliphatic rings. The van der Waals surface area contributed by atoms with Crippen LogP contribution in [-0.4, -0.2) is 30.9 Å². The number of aromatic nitrogens is 1. The first kappa shape index (κ1) is 31.6. The van der Waals surface area contributed by atoms with Gasteiger partial charge in [-0.25, -0.2) is 9.79 Å². The van der Waals surface area contributed by atoms with E-state index >= 15 is 0 Å². The lowest BCUT2D eigenvalue weighted by molar-refractivity contribution is -0.139. The maximum atomic E-state index is 14.0. The average molecular weight is 698 g/mol. The van der Waals surface area contributed by atoms with Gasteiger partial charge in [0.1, 0.15) is 12.4 Å². The summed E-state index contributed by atoms with van der Waals surface area (Å²) >= 11 is 11.1. The predicted octanol–water partition coefficient (Wildman–Crippen LogP) is 6.20. The number of benzene rings is 3. The summed E-state index contributed by atoms with van der Waals surface area (Å²) in [5.74, 6) is 1.17. The molecule has 8 nitrogen and oxygen atoms in total. The number of halogens is 2. The van der Waals surface area contributed by atoms with Crippen LogP contribution in [0.5, 0.6) is 17.2 Å². The van der Waals surface area contributed by atoms with Crippen LogP contribution in [0.3, 0.4) is 0 Å². The molecule has 0 spiro atoms. The van der Waals surface area contributed by atoms with Crippen molar-refractivity contribution in [3.05, 3.63) is 118 Å². The lowest BCUT2D eigenvalue weighted by atomic mass is 9.95. The molecular weight excluding hydrogens is 668 g/mol. The zero-order valence-corrected chi connectivity index (χ0v) is 27.7. The molecule has 0 fully saturated rings. The molecule has 0 aliphatic carbocycles. The zero-order valence-electron chi connectivity index (χ0n) is 24.6. The fraction of sp³-hybridized carbons (Fsp3) is 0.242. The van der Waals surface area contributed by atoms with E-state index < -0.39 is 12.0 Å². The first-order valence-electron chi connectivity index (χ1n) is 13.9. The van der Waals surface area contributed by atoms with Gasteiger partial charge >= 0.3 is 5.97 Å². The van der Waals surface area contributed by atoms with Crippen LogP contribution in [0.4, 0.5) is 0 Å². The number of carbonyl (C=O) groups is 1. The number of nitrogens with zero attached hydrogens (tertiary/aromatic N) is 2. The van der Waals surface area contributed by atoms with Crippen LogP contribution in [0.1, 0.15) is 43.5 Å². The largest absolute Gasteiger partial charge is 0.493 e. The third kappa shape index (κ3) is 6.47. The fourth-order valence-electron chi connectivity index (χ4n) is 4.88. The molecule has 0 saturated carbocycles. The van der Waals surface area contributed by atoms with Gasteiger partial charge in [0.15, 0.2) is 16.3 Å². The summed E-state index contributed by atoms with van der Waals surface area (Å²) in [6, 6.07) is 17.7. The Balaban J connectivity index is 1.56. The molecule has 1 aromatic heterocycles. The van der Waals surface area contributed by atoms with Gasteiger partial charge in [-0.3, -0.25) is 9.36 Å². The SMILES string of the molecule is CCOC(=O)C1=C(C)N=c2s/c(=C\c3ccc(OCc4ccccc4Cl)c(Br)c3)c(=O)n2[C@H]1c1ccc(OC)c(OCC)c1. The quantitative estimate of drug-likeness (QED) is 0.184. The highest BCUT2D eigenvalue weighted by atomic mass is 79.9. The van der Waals surface area contributed by atoms with Crippen LogP contribution in [-0.2, 0) is 16.1 Å². The number of esters is 1. The van der Waals surface area contributed by atoms with Gasteiger partial charge in [-0.05, 0) is 84.2 Å². The van der Waals surface area contributed by atoms with Crippen molar-refractivity contribution < 1.29 is 23.7 Å². The Bertz CT molecular complexity index is 1930. The minimum atomic E-state index is -0.773. The average Bonchev–Trinajstić information content (AvgIpc) is 3.30. The van der Waals surface area contributed by atoms with E-state index in [4.69, 9.17) is 30.5 Å². The van der Waals surface area contributed by atoms with Crippen LogP contribution in [0, 0.1) is 0 Å². The smallest absolute Gasteiger partial charge is 0.338 e. The van der Waals surface area contributed by atoms with Gasteiger partial charge in [-0.1, -0.05) is 53.3 Å². The summed E-state index contributed by atoms with van der Waals surface area (Å²) in [6.45, 7) is 6.29. The number of hydrogen-bond acceptors (Lipinski definition) is 8. The molecule has 0 amide bonds. The molecule has 0 N–H and O–H groups in total. The van der Waals surface area contributed by atoms with Gasteiger partial charge in [0.25, 0.3) is 5.56 Å². The molecule has 1 aliphatic heterocycles. The van der Waals surface area contributed by atoms with Crippen molar-refractivity contribution in [2.45, 2.75) is 33.4 Å². The standard InChI is InChI=1S/C33H30BrClN2O6S/c1-5-41-27-17-21(12-14-26(27)40-4)30-29(32(39)42-6-2)19(3)36-33-37(30)31(38)28(44-33)16-20-11-13-25(23(34)15-20)43-18-22-9-7-8-10-24(22)35/h7-17,30H,5-6,18H2,1-4H3/b28-16-/t30-/m0/s1. The van der Waals surface area contributed by atoms with E-state index in [0.29, 0.717) is 61.7 Å². The number of carbonyl (C=O) groups excluding carboxylic acids is 1. The third-order valence-electron chi connectivity index (χ3n) is 6.92. The van der Waals surface area contributed by atoms with E-state index in [1.165, 1.54) is 11.3 Å². The number of hydrogen-bond donors (Lipinski definition) is 0. The Morgan fingerprint density at radius 2 is 1.82 bits per heavy atom. The summed E-state index contributed by atoms with van der Waals surface area (Å²) in [6.07, 6.45) is 1.80. The Morgan fingerprint density at radius 1 is 1.05 bits per heavy atom. The molecule has 44 heavy (non-hydrogen) atoms. The van der Waals surface area contributed by atoms with E-state index in [-0.39, 0.29) is 12.2 Å². The number of thiazole rings is 1. The number of methoxy groups -OCH3 is 1. The highest BCUT2D eigenvalue weighted by Gasteiger charge is 2.34. The Morgan fingerprint density at radius 3 is 2.52 bits per heavy atom. The maximum Gasteiger partial charge on any atom is 0.338 e. The van der Waals surface area contributed by atoms with Crippen molar-refractivity contribution in [2.24, 2.45) is 4.99 Å². The van der Waals surface area contributed by atoms with E-state index in [1.54, 1.807) is 43.7 Å². The monoisotopic (exact) mass is 696 g/mol. The molecule has 0 saturated heterocycles. The van der Waals surface area contributed by atoms with E-state index in [9.17, 15) is 9.59 Å². The van der Waals surface area contributed by atoms with Gasteiger partial charge in [0.05, 0.1) is 46.6 Å². The van der Waals surface area contributed by atoms with E-state index in [1.807, 2.05) is 55.5 Å². The summed E-state index contributed by atoms with van der Waals surface area (Å²) in [4.78, 5) is 32.4. The zero-order chi connectivity index (χ0) is 31.4. The number of rotatable bonds is 10. The molecule has 4 aromatic rings. The normalized spacial score (nSPS) is 14.6. The first-order chi connectivity index (χ1) is 21.2. The first-order valence-corrected chi connectivity index (χ1v) is 15.9. The van der Waals surface area contributed by atoms with E-state index in [0.717, 1.165) is 15.6 Å². The van der Waals surface area contributed by atoms with Crippen molar-refractivity contribution in [3.63, 3.8) is 0 Å². The lowest BCUT2D eigenvalue weighted by Crippen LogP contribution is -2.40. The summed E-state index contributed by atoms with van der Waals surface area (Å²) in [5.41, 5.74) is 2.83. The maximum absolute atomic E-state index is 14.0. The van der Waals surface area contributed by atoms with Gasteiger partial charge in [-0.2, -0.15) is 0 Å². The molecule has 5 rings (SSSR count). The van der Waals surface area contributed by atoms with Crippen molar-refractivity contribution in [1.82, 2.24) is 4.57 Å². The van der Waals surface area contributed by atoms with Crippen molar-refractivity contribution in [3.8, 4) is 17.2 Å². The van der Waals surface area contributed by atoms with Crippen LogP contribution in [0.25, 0.3) is 6.08 Å². The molecule has 0 unspecified atom stereocenters. The van der Waals surface area contributed by atoms with Gasteiger partial charge in [-0.15, -0.1) is 0 Å². The topological polar surface area (TPSA) is 88.4 Å². The second-order valence-corrected chi connectivity index (χ2v) is 12.0. The second kappa shape index (κ2) is 13.8. The van der Waals surface area contributed by atoms with Crippen molar-refractivity contribution in [1.29, 1.82) is 0 Å². The molecule has 1 atom stereocenters. The predicted molar refractivity (Wildman–Crippen MR) is 174 cm³/mol. The van der Waals surface area contributed by atoms with Crippen LogP contribution < -0.4 is 29.1 Å². The van der Waals surface area contributed by atoms with Gasteiger partial charge < -0.3 is 18.9 Å². The molecular formula is C33H30BrClN2O6S. The highest BCUT2D eigenvalue weighted by Crippen LogP contribution is 2.36. The Kier molecular flexibility index (Phi) is 9.93. The lowest BCUT2D eigenvalue weighted by Gasteiger charge is -2.25. The second-order valence-electron chi connectivity index (χ2n) is 9.72. The molecule has 3 aromatic carbocycles. The Hall–Kier alpha value is -3.86. The fourth-order valence-corrected chi connectivity index (χ4v) is 6.63. The molecule has 228 valence electrons. The summed E-state index contributed by atoms with van der Waals surface area (Å²) in [7, 11) is 1.56. The number of fused-ring (bicyclic) bond motifs is 1. The van der Waals surface area contributed by atoms with Gasteiger partial charge in [0.2, 0.25) is 0 Å². The van der Waals surface area contributed by atoms with Crippen LogP contribution in [0.15, 0.2) is 86.2 Å². The summed E-state index contributed by atoms with van der Waals surface area (Å²) < 4.78 is 25.4. The molecule has 11 heteroatoms. The summed E-state index contributed by atoms with van der Waals surface area (Å²) in [5, 5.41) is 0.638. The highest BCUT2D eigenvalue weighted by molar-refractivity contribution is 9.10. The molecule has 0 bridgehead atoms. The third-order valence-corrected chi connectivity index (χ3v) is 8.89. The molecule has 0 radical (unpaired) electrons. The van der Waals surface area contributed by atoms with E-state index in [2.05, 4.69) is 20.9 Å². The minimum Gasteiger partial charge on any atom is -0.493 e. The van der Waals surface area contributed by atoms with Crippen LogP contribution in [0.2, 0.25) is 5.02 Å². The van der Waals surface area contributed by atoms with Crippen molar-refractivity contribution in [2.75, 3.05) is 20.3 Å². The Labute approximate surface area is 272 Å². The molecule has 2 heterocycles. The van der Waals surface area contributed by atoms with Gasteiger partial charge in [0, 0.05) is 10.6 Å². The number of ether oxygens (including phenoxy) is 4. The van der Waals surface area contributed by atoms with Crippen LogP contribution >= 0.6 is 38.9 Å². The minimum absolute atomic E-state index is 0.187. The number of allylic oxidation sites excluding steroid dienone is 1.